The first-order valence-corrected chi connectivity index (χ1v) is 5.46. The highest BCUT2D eigenvalue weighted by Gasteiger charge is 2.16. The standard InChI is InChI=1S/C10H16N4O2/c11-9-8(6-13-14-9)10(15)12-4-3-7-2-1-5-16-7/h6-7H,1-5H2,(H,12,15)(H3,11,13,14). The van der Waals surface area contributed by atoms with Gasteiger partial charge in [-0.2, -0.15) is 5.10 Å². The minimum atomic E-state index is -0.191. The van der Waals surface area contributed by atoms with Gasteiger partial charge in [0, 0.05) is 13.2 Å². The van der Waals surface area contributed by atoms with E-state index in [9.17, 15) is 4.79 Å². The van der Waals surface area contributed by atoms with Crippen LogP contribution < -0.4 is 11.1 Å². The van der Waals surface area contributed by atoms with Crippen LogP contribution in [0.15, 0.2) is 6.20 Å². The number of nitrogens with two attached hydrogens (primary N) is 1. The number of nitrogens with one attached hydrogen (secondary N) is 2. The van der Waals surface area contributed by atoms with Gasteiger partial charge in [0.25, 0.3) is 5.91 Å². The molecule has 2 rings (SSSR count). The number of carbonyl (C=O) groups excluding carboxylic acids is 1. The summed E-state index contributed by atoms with van der Waals surface area (Å²) in [5.74, 6) is 0.110. The summed E-state index contributed by atoms with van der Waals surface area (Å²) in [6, 6.07) is 0. The number of carbonyl (C=O) groups is 1. The summed E-state index contributed by atoms with van der Waals surface area (Å²) in [6.07, 6.45) is 4.78. The molecule has 0 aromatic carbocycles. The lowest BCUT2D eigenvalue weighted by atomic mass is 10.2. The lowest BCUT2D eigenvalue weighted by Crippen LogP contribution is -2.27. The Balaban J connectivity index is 1.73. The van der Waals surface area contributed by atoms with Crippen LogP contribution in [0.25, 0.3) is 0 Å². The second kappa shape index (κ2) is 4.98. The molecule has 16 heavy (non-hydrogen) atoms. The number of hydrogen-bond donors (Lipinski definition) is 3. The van der Waals surface area contributed by atoms with Gasteiger partial charge in [0.2, 0.25) is 0 Å². The zero-order valence-corrected chi connectivity index (χ0v) is 9.03. The lowest BCUT2D eigenvalue weighted by Gasteiger charge is -2.09. The number of hydrogen-bond acceptors (Lipinski definition) is 4. The highest BCUT2D eigenvalue weighted by Crippen LogP contribution is 2.14. The largest absolute Gasteiger partial charge is 0.383 e. The van der Waals surface area contributed by atoms with E-state index < -0.39 is 0 Å². The highest BCUT2D eigenvalue weighted by molar-refractivity contribution is 5.97. The molecule has 1 unspecified atom stereocenters. The monoisotopic (exact) mass is 224 g/mol. The van der Waals surface area contributed by atoms with Crippen molar-refractivity contribution in [2.45, 2.75) is 25.4 Å². The van der Waals surface area contributed by atoms with Gasteiger partial charge in [-0.1, -0.05) is 0 Å². The molecular formula is C10H16N4O2. The van der Waals surface area contributed by atoms with Crippen LogP contribution in [0.2, 0.25) is 0 Å². The third-order valence-electron chi connectivity index (χ3n) is 2.69. The molecule has 1 fully saturated rings. The van der Waals surface area contributed by atoms with E-state index in [2.05, 4.69) is 15.5 Å². The Morgan fingerprint density at radius 1 is 1.75 bits per heavy atom. The summed E-state index contributed by atoms with van der Waals surface area (Å²) >= 11 is 0. The van der Waals surface area contributed by atoms with E-state index >= 15 is 0 Å². The minimum Gasteiger partial charge on any atom is -0.383 e. The predicted octanol–water partition coefficient (Wildman–Crippen LogP) is 0.291. The number of anilines is 1. The molecule has 0 bridgehead atoms. The van der Waals surface area contributed by atoms with E-state index in [0.29, 0.717) is 24.0 Å². The summed E-state index contributed by atoms with van der Waals surface area (Å²) in [6.45, 7) is 1.45. The fraction of sp³-hybridized carbons (Fsp3) is 0.600. The Bertz CT molecular complexity index is 357. The second-order valence-corrected chi connectivity index (χ2v) is 3.88. The average Bonchev–Trinajstić information content (AvgIpc) is 2.88. The maximum Gasteiger partial charge on any atom is 0.256 e. The number of nitrogen functional groups attached to an aromatic ring is 1. The van der Waals surface area contributed by atoms with Gasteiger partial charge >= 0.3 is 0 Å². The van der Waals surface area contributed by atoms with Crippen molar-refractivity contribution in [1.82, 2.24) is 15.5 Å². The number of rotatable bonds is 4. The fourth-order valence-electron chi connectivity index (χ4n) is 1.79. The van der Waals surface area contributed by atoms with Gasteiger partial charge in [-0.25, -0.2) is 0 Å². The second-order valence-electron chi connectivity index (χ2n) is 3.88. The van der Waals surface area contributed by atoms with Crippen LogP contribution in [-0.4, -0.2) is 35.4 Å². The Labute approximate surface area is 93.5 Å². The Morgan fingerprint density at radius 2 is 2.62 bits per heavy atom. The molecule has 1 aliphatic heterocycles. The van der Waals surface area contributed by atoms with Crippen molar-refractivity contribution in [3.63, 3.8) is 0 Å². The van der Waals surface area contributed by atoms with Crippen LogP contribution in [0.4, 0.5) is 5.82 Å². The molecule has 0 aliphatic carbocycles. The quantitative estimate of drug-likeness (QED) is 0.685. The third kappa shape index (κ3) is 2.52. The van der Waals surface area contributed by atoms with Crippen molar-refractivity contribution in [1.29, 1.82) is 0 Å². The van der Waals surface area contributed by atoms with E-state index in [1.165, 1.54) is 6.20 Å². The predicted molar refractivity (Wildman–Crippen MR) is 58.9 cm³/mol. The molecule has 0 spiro atoms. The Kier molecular flexibility index (Phi) is 3.40. The van der Waals surface area contributed by atoms with Crippen LogP contribution in [0.5, 0.6) is 0 Å². The zero-order chi connectivity index (χ0) is 11.4. The van der Waals surface area contributed by atoms with Gasteiger partial charge < -0.3 is 15.8 Å². The first-order chi connectivity index (χ1) is 7.77. The number of nitrogens with zero attached hydrogens (tertiary/aromatic N) is 1. The molecule has 6 nitrogen and oxygen atoms in total. The molecule has 1 saturated heterocycles. The molecule has 0 radical (unpaired) electrons. The van der Waals surface area contributed by atoms with Gasteiger partial charge in [-0.15, -0.1) is 0 Å². The molecular weight excluding hydrogens is 208 g/mol. The highest BCUT2D eigenvalue weighted by atomic mass is 16.5. The van der Waals surface area contributed by atoms with Crippen LogP contribution in [0.1, 0.15) is 29.6 Å². The van der Waals surface area contributed by atoms with Gasteiger partial charge in [-0.05, 0) is 19.3 Å². The number of aromatic nitrogens is 2. The zero-order valence-electron chi connectivity index (χ0n) is 9.03. The van der Waals surface area contributed by atoms with Gasteiger partial charge in [0.1, 0.15) is 11.4 Å². The van der Waals surface area contributed by atoms with Crippen molar-refractivity contribution < 1.29 is 9.53 Å². The SMILES string of the molecule is Nc1[nH]ncc1C(=O)NCCC1CCCO1. The molecule has 2 heterocycles. The van der Waals surface area contributed by atoms with Crippen LogP contribution in [0, 0.1) is 0 Å². The summed E-state index contributed by atoms with van der Waals surface area (Å²) in [5, 5.41) is 9.01. The summed E-state index contributed by atoms with van der Waals surface area (Å²) in [5.41, 5.74) is 5.93. The van der Waals surface area contributed by atoms with E-state index in [0.717, 1.165) is 25.9 Å². The molecule has 4 N–H and O–H groups in total. The van der Waals surface area contributed by atoms with Gasteiger partial charge in [0.15, 0.2) is 0 Å². The van der Waals surface area contributed by atoms with Crippen molar-refractivity contribution in [3.8, 4) is 0 Å². The van der Waals surface area contributed by atoms with E-state index in [-0.39, 0.29) is 5.91 Å². The van der Waals surface area contributed by atoms with Crippen molar-refractivity contribution in [3.05, 3.63) is 11.8 Å². The normalized spacial score (nSPS) is 19.9. The smallest absolute Gasteiger partial charge is 0.256 e. The van der Waals surface area contributed by atoms with E-state index in [1.807, 2.05) is 0 Å². The molecule has 6 heteroatoms. The third-order valence-corrected chi connectivity index (χ3v) is 2.69. The van der Waals surface area contributed by atoms with Crippen molar-refractivity contribution >= 4 is 11.7 Å². The Morgan fingerprint density at radius 3 is 3.25 bits per heavy atom. The number of ether oxygens (including phenoxy) is 1. The number of H-pyrrole nitrogens is 1. The topological polar surface area (TPSA) is 93.0 Å². The maximum absolute atomic E-state index is 11.6. The minimum absolute atomic E-state index is 0.191. The van der Waals surface area contributed by atoms with Crippen LogP contribution in [-0.2, 0) is 4.74 Å². The molecule has 1 amide bonds. The van der Waals surface area contributed by atoms with Gasteiger partial charge in [-0.3, -0.25) is 9.89 Å². The van der Waals surface area contributed by atoms with Crippen molar-refractivity contribution in [2.75, 3.05) is 18.9 Å². The molecule has 1 aromatic heterocycles. The first kappa shape index (κ1) is 10.9. The average molecular weight is 224 g/mol. The molecule has 1 atom stereocenters. The van der Waals surface area contributed by atoms with Gasteiger partial charge in [0.05, 0.1) is 12.3 Å². The van der Waals surface area contributed by atoms with Crippen LogP contribution >= 0.6 is 0 Å². The summed E-state index contributed by atoms with van der Waals surface area (Å²) in [4.78, 5) is 11.6. The summed E-state index contributed by atoms with van der Waals surface area (Å²) in [7, 11) is 0. The number of amides is 1. The van der Waals surface area contributed by atoms with E-state index in [4.69, 9.17) is 10.5 Å². The first-order valence-electron chi connectivity index (χ1n) is 5.46. The molecule has 1 aliphatic rings. The van der Waals surface area contributed by atoms with Crippen LogP contribution in [0.3, 0.4) is 0 Å². The fourth-order valence-corrected chi connectivity index (χ4v) is 1.79. The Hall–Kier alpha value is -1.56. The molecule has 0 saturated carbocycles. The number of aromatic amines is 1. The maximum atomic E-state index is 11.6. The van der Waals surface area contributed by atoms with Crippen molar-refractivity contribution in [2.24, 2.45) is 0 Å². The molecule has 88 valence electrons. The summed E-state index contributed by atoms with van der Waals surface area (Å²) < 4.78 is 5.45. The lowest BCUT2D eigenvalue weighted by molar-refractivity contribution is 0.0908. The van der Waals surface area contributed by atoms with E-state index in [1.54, 1.807) is 0 Å². The molecule has 1 aromatic rings.